The van der Waals surface area contributed by atoms with E-state index in [-0.39, 0.29) is 36.8 Å². The van der Waals surface area contributed by atoms with Crippen LogP contribution in [0.3, 0.4) is 0 Å². The second-order valence-corrected chi connectivity index (χ2v) is 4.08. The lowest BCUT2D eigenvalue weighted by atomic mass is 10.0. The Balaban J connectivity index is 0.00000144. The molecule has 1 aromatic rings. The summed E-state index contributed by atoms with van der Waals surface area (Å²) in [4.78, 5) is 18.8. The van der Waals surface area contributed by atoms with Crippen molar-refractivity contribution in [2.75, 3.05) is 13.1 Å². The quantitative estimate of drug-likeness (QED) is 0.778. The van der Waals surface area contributed by atoms with E-state index in [0.29, 0.717) is 6.54 Å². The summed E-state index contributed by atoms with van der Waals surface area (Å²) in [5.41, 5.74) is 0. The van der Waals surface area contributed by atoms with Gasteiger partial charge < -0.3 is 15.6 Å². The van der Waals surface area contributed by atoms with Gasteiger partial charge in [0, 0.05) is 25.4 Å². The Labute approximate surface area is 119 Å². The first-order valence-corrected chi connectivity index (χ1v) is 5.85. The molecule has 0 aliphatic carbocycles. The maximum absolute atomic E-state index is 11.7. The van der Waals surface area contributed by atoms with Gasteiger partial charge in [-0.2, -0.15) is 0 Å². The Kier molecular flexibility index (Phi) is 8.79. The molecule has 1 fully saturated rings. The Morgan fingerprint density at radius 2 is 2.28 bits per heavy atom. The molecule has 0 unspecified atom stereocenters. The first kappa shape index (κ1) is 17.2. The zero-order valence-electron chi connectivity index (χ0n) is 10.1. The molecule has 3 N–H and O–H groups in total. The molecule has 1 saturated heterocycles. The third-order valence-corrected chi connectivity index (χ3v) is 2.84. The zero-order valence-corrected chi connectivity index (χ0v) is 11.8. The van der Waals surface area contributed by atoms with Crippen molar-refractivity contribution in [3.05, 3.63) is 18.2 Å². The van der Waals surface area contributed by atoms with Crippen molar-refractivity contribution in [1.29, 1.82) is 0 Å². The molecule has 1 atom stereocenters. The number of amides is 1. The van der Waals surface area contributed by atoms with E-state index in [4.69, 9.17) is 0 Å². The standard InChI is InChI=1S/C11H18N4O.2ClH/c16-11(9-3-1-2-5-12-9)15-6-4-10-13-7-8-14-10;;/h7-9,12H,1-6H2,(H,13,14)(H,15,16);2*1H/t9-;;/m1../s1. The molecule has 5 nitrogen and oxygen atoms in total. The lowest BCUT2D eigenvalue weighted by Crippen LogP contribution is -2.47. The predicted molar refractivity (Wildman–Crippen MR) is 75.4 cm³/mol. The van der Waals surface area contributed by atoms with Crippen molar-refractivity contribution in [1.82, 2.24) is 20.6 Å². The Morgan fingerprint density at radius 3 is 2.89 bits per heavy atom. The van der Waals surface area contributed by atoms with Gasteiger partial charge in [0.25, 0.3) is 0 Å². The molecule has 0 aromatic carbocycles. The summed E-state index contributed by atoms with van der Waals surface area (Å²) < 4.78 is 0. The minimum atomic E-state index is 0. The fourth-order valence-corrected chi connectivity index (χ4v) is 1.94. The molecule has 0 radical (unpaired) electrons. The third-order valence-electron chi connectivity index (χ3n) is 2.84. The number of aromatic amines is 1. The van der Waals surface area contributed by atoms with Crippen molar-refractivity contribution in [3.8, 4) is 0 Å². The number of H-pyrrole nitrogens is 1. The molecule has 7 heteroatoms. The number of carbonyl (C=O) groups excluding carboxylic acids is 1. The molecule has 1 aromatic heterocycles. The van der Waals surface area contributed by atoms with Crippen LogP contribution in [0.1, 0.15) is 25.1 Å². The van der Waals surface area contributed by atoms with Gasteiger partial charge in [-0.1, -0.05) is 6.42 Å². The maximum atomic E-state index is 11.7. The number of aromatic nitrogens is 2. The van der Waals surface area contributed by atoms with Crippen LogP contribution in [-0.4, -0.2) is 35.0 Å². The smallest absolute Gasteiger partial charge is 0.237 e. The fourth-order valence-electron chi connectivity index (χ4n) is 1.94. The van der Waals surface area contributed by atoms with Crippen molar-refractivity contribution in [2.24, 2.45) is 0 Å². The van der Waals surface area contributed by atoms with Crippen molar-refractivity contribution in [2.45, 2.75) is 31.7 Å². The van der Waals surface area contributed by atoms with Crippen molar-refractivity contribution < 1.29 is 4.79 Å². The number of nitrogens with zero attached hydrogens (tertiary/aromatic N) is 1. The molecule has 104 valence electrons. The third kappa shape index (κ3) is 5.25. The number of rotatable bonds is 4. The second-order valence-electron chi connectivity index (χ2n) is 4.08. The van der Waals surface area contributed by atoms with E-state index in [1.54, 1.807) is 12.4 Å². The van der Waals surface area contributed by atoms with E-state index in [1.165, 1.54) is 6.42 Å². The summed E-state index contributed by atoms with van der Waals surface area (Å²) in [7, 11) is 0. The summed E-state index contributed by atoms with van der Waals surface area (Å²) in [6.07, 6.45) is 7.54. The van der Waals surface area contributed by atoms with Gasteiger partial charge in [0.15, 0.2) is 0 Å². The monoisotopic (exact) mass is 294 g/mol. The number of imidazole rings is 1. The van der Waals surface area contributed by atoms with Crippen LogP contribution < -0.4 is 10.6 Å². The van der Waals surface area contributed by atoms with Crippen LogP contribution in [0.5, 0.6) is 0 Å². The highest BCUT2D eigenvalue weighted by atomic mass is 35.5. The van der Waals surface area contributed by atoms with E-state index in [9.17, 15) is 4.79 Å². The Morgan fingerprint density at radius 1 is 1.44 bits per heavy atom. The molecular formula is C11H20Cl2N4O. The topological polar surface area (TPSA) is 69.8 Å². The molecule has 18 heavy (non-hydrogen) atoms. The van der Waals surface area contributed by atoms with Gasteiger partial charge in [0.2, 0.25) is 5.91 Å². The number of piperidine rings is 1. The number of hydrogen-bond acceptors (Lipinski definition) is 3. The normalized spacial score (nSPS) is 18.3. The van der Waals surface area contributed by atoms with Gasteiger partial charge in [-0.25, -0.2) is 4.98 Å². The summed E-state index contributed by atoms with van der Waals surface area (Å²) in [6.45, 7) is 1.60. The SMILES string of the molecule is Cl.Cl.O=C(NCCc1ncc[nH]1)[C@H]1CCCCN1. The molecule has 0 spiro atoms. The summed E-state index contributed by atoms with van der Waals surface area (Å²) in [6, 6.07) is 0.00495. The van der Waals surface area contributed by atoms with Gasteiger partial charge in [-0.3, -0.25) is 4.79 Å². The molecule has 1 amide bonds. The average Bonchev–Trinajstić information content (AvgIpc) is 2.83. The fraction of sp³-hybridized carbons (Fsp3) is 0.636. The van der Waals surface area contributed by atoms with Gasteiger partial charge in [0.1, 0.15) is 5.82 Å². The van der Waals surface area contributed by atoms with Gasteiger partial charge >= 0.3 is 0 Å². The van der Waals surface area contributed by atoms with E-state index in [1.807, 2.05) is 0 Å². The lowest BCUT2D eigenvalue weighted by molar-refractivity contribution is -0.123. The first-order chi connectivity index (χ1) is 7.86. The van der Waals surface area contributed by atoms with E-state index >= 15 is 0 Å². The Hall–Kier alpha value is -0.780. The highest BCUT2D eigenvalue weighted by molar-refractivity contribution is 5.85. The molecule has 1 aliphatic heterocycles. The van der Waals surface area contributed by atoms with E-state index in [0.717, 1.165) is 31.6 Å². The predicted octanol–water partition coefficient (Wildman–Crippen LogP) is 1.05. The van der Waals surface area contributed by atoms with Crippen LogP contribution in [-0.2, 0) is 11.2 Å². The zero-order chi connectivity index (χ0) is 11.2. The van der Waals surface area contributed by atoms with Crippen LogP contribution >= 0.6 is 24.8 Å². The highest BCUT2D eigenvalue weighted by Crippen LogP contribution is 2.06. The second kappa shape index (κ2) is 9.19. The molecule has 2 heterocycles. The molecule has 2 rings (SSSR count). The van der Waals surface area contributed by atoms with Gasteiger partial charge in [-0.15, -0.1) is 24.8 Å². The molecule has 0 saturated carbocycles. The van der Waals surface area contributed by atoms with E-state index < -0.39 is 0 Å². The van der Waals surface area contributed by atoms with Gasteiger partial charge in [-0.05, 0) is 19.4 Å². The lowest BCUT2D eigenvalue weighted by Gasteiger charge is -2.22. The molecule has 1 aliphatic rings. The van der Waals surface area contributed by atoms with Crippen LogP contribution in [0.25, 0.3) is 0 Å². The van der Waals surface area contributed by atoms with Crippen LogP contribution in [0.4, 0.5) is 0 Å². The minimum Gasteiger partial charge on any atom is -0.354 e. The van der Waals surface area contributed by atoms with Crippen LogP contribution in [0, 0.1) is 0 Å². The van der Waals surface area contributed by atoms with E-state index in [2.05, 4.69) is 20.6 Å². The number of hydrogen-bond donors (Lipinski definition) is 3. The summed E-state index contributed by atoms with van der Waals surface area (Å²) in [5.74, 6) is 1.03. The van der Waals surface area contributed by atoms with Gasteiger partial charge in [0.05, 0.1) is 6.04 Å². The van der Waals surface area contributed by atoms with Crippen LogP contribution in [0.15, 0.2) is 12.4 Å². The highest BCUT2D eigenvalue weighted by Gasteiger charge is 2.19. The van der Waals surface area contributed by atoms with Crippen LogP contribution in [0.2, 0.25) is 0 Å². The maximum Gasteiger partial charge on any atom is 0.237 e. The molecule has 0 bridgehead atoms. The summed E-state index contributed by atoms with van der Waals surface area (Å²) >= 11 is 0. The number of halogens is 2. The van der Waals surface area contributed by atoms with Crippen molar-refractivity contribution in [3.63, 3.8) is 0 Å². The summed E-state index contributed by atoms with van der Waals surface area (Å²) in [5, 5.41) is 6.16. The van der Waals surface area contributed by atoms with Crippen molar-refractivity contribution >= 4 is 30.7 Å². The Bertz CT molecular complexity index is 326. The number of carbonyl (C=O) groups is 1. The minimum absolute atomic E-state index is 0. The number of nitrogens with one attached hydrogen (secondary N) is 3. The molecular weight excluding hydrogens is 275 g/mol. The first-order valence-electron chi connectivity index (χ1n) is 5.85. The average molecular weight is 295 g/mol. The largest absolute Gasteiger partial charge is 0.354 e.